The average molecular weight is 252 g/mol. The first kappa shape index (κ1) is 15.2. The predicted molar refractivity (Wildman–Crippen MR) is 76.5 cm³/mol. The van der Waals surface area contributed by atoms with Gasteiger partial charge in [0.15, 0.2) is 0 Å². The summed E-state index contributed by atoms with van der Waals surface area (Å²) in [5, 5.41) is 4.62. The van der Waals surface area contributed by atoms with E-state index in [1.807, 2.05) is 0 Å². The second-order valence-corrected chi connectivity index (χ2v) is 5.13. The number of hydrogen-bond acceptors (Lipinski definition) is 3. The molecular formula is C14H28N4. The van der Waals surface area contributed by atoms with Gasteiger partial charge in [0.25, 0.3) is 0 Å². The standard InChI is InChI=1S/C14H28N4/c1-4-13(2)18-11-8-14(16-18)12-17(3)10-7-5-6-9-15/h8,11,13H,4-7,9-10,12,15H2,1-3H3. The van der Waals surface area contributed by atoms with Gasteiger partial charge in [0, 0.05) is 18.8 Å². The van der Waals surface area contributed by atoms with E-state index in [4.69, 9.17) is 5.73 Å². The van der Waals surface area contributed by atoms with Gasteiger partial charge in [0.1, 0.15) is 0 Å². The van der Waals surface area contributed by atoms with E-state index >= 15 is 0 Å². The van der Waals surface area contributed by atoms with Crippen molar-refractivity contribution in [3.63, 3.8) is 0 Å². The van der Waals surface area contributed by atoms with Crippen molar-refractivity contribution in [2.45, 2.75) is 52.1 Å². The fourth-order valence-corrected chi connectivity index (χ4v) is 1.95. The minimum Gasteiger partial charge on any atom is -0.330 e. The highest BCUT2D eigenvalue weighted by molar-refractivity contribution is 4.99. The van der Waals surface area contributed by atoms with Crippen LogP contribution in [0.3, 0.4) is 0 Å². The van der Waals surface area contributed by atoms with Crippen LogP contribution in [0.15, 0.2) is 12.3 Å². The number of hydrogen-bond donors (Lipinski definition) is 1. The van der Waals surface area contributed by atoms with E-state index in [0.717, 1.165) is 38.2 Å². The highest BCUT2D eigenvalue weighted by Crippen LogP contribution is 2.10. The summed E-state index contributed by atoms with van der Waals surface area (Å²) in [6, 6.07) is 2.62. The van der Waals surface area contributed by atoms with Crippen LogP contribution in [0.2, 0.25) is 0 Å². The van der Waals surface area contributed by atoms with Crippen molar-refractivity contribution in [3.05, 3.63) is 18.0 Å². The molecular weight excluding hydrogens is 224 g/mol. The molecule has 0 saturated heterocycles. The predicted octanol–water partition coefficient (Wildman–Crippen LogP) is 2.41. The lowest BCUT2D eigenvalue weighted by Crippen LogP contribution is -2.20. The van der Waals surface area contributed by atoms with Gasteiger partial charge in [-0.25, -0.2) is 0 Å². The Morgan fingerprint density at radius 1 is 1.39 bits per heavy atom. The molecule has 0 aliphatic heterocycles. The van der Waals surface area contributed by atoms with Crippen LogP contribution in [-0.4, -0.2) is 34.8 Å². The van der Waals surface area contributed by atoms with Crippen molar-refractivity contribution in [3.8, 4) is 0 Å². The molecule has 1 aromatic rings. The molecule has 0 radical (unpaired) electrons. The molecule has 0 aliphatic rings. The zero-order valence-corrected chi connectivity index (χ0v) is 12.1. The minimum atomic E-state index is 0.494. The molecule has 0 spiro atoms. The van der Waals surface area contributed by atoms with Gasteiger partial charge >= 0.3 is 0 Å². The van der Waals surface area contributed by atoms with Gasteiger partial charge in [-0.2, -0.15) is 5.10 Å². The van der Waals surface area contributed by atoms with Crippen molar-refractivity contribution >= 4 is 0 Å². The highest BCUT2D eigenvalue weighted by atomic mass is 15.3. The van der Waals surface area contributed by atoms with Gasteiger partial charge in [0.05, 0.1) is 5.69 Å². The fourth-order valence-electron chi connectivity index (χ4n) is 1.95. The normalized spacial score (nSPS) is 13.2. The summed E-state index contributed by atoms with van der Waals surface area (Å²) in [6.45, 7) is 7.26. The summed E-state index contributed by atoms with van der Waals surface area (Å²) in [5.74, 6) is 0. The lowest BCUT2D eigenvalue weighted by molar-refractivity contribution is 0.311. The van der Waals surface area contributed by atoms with Crippen LogP contribution < -0.4 is 5.73 Å². The SMILES string of the molecule is CCC(C)n1ccc(CN(C)CCCCCN)n1. The van der Waals surface area contributed by atoms with Crippen LogP contribution in [0.4, 0.5) is 0 Å². The van der Waals surface area contributed by atoms with Gasteiger partial charge in [0.2, 0.25) is 0 Å². The highest BCUT2D eigenvalue weighted by Gasteiger charge is 2.06. The van der Waals surface area contributed by atoms with Gasteiger partial charge < -0.3 is 10.6 Å². The topological polar surface area (TPSA) is 47.1 Å². The van der Waals surface area contributed by atoms with Crippen molar-refractivity contribution in [1.82, 2.24) is 14.7 Å². The molecule has 4 heteroatoms. The summed E-state index contributed by atoms with van der Waals surface area (Å²) in [4.78, 5) is 2.33. The smallest absolute Gasteiger partial charge is 0.0764 e. The molecule has 1 unspecified atom stereocenters. The summed E-state index contributed by atoms with van der Waals surface area (Å²) in [5.41, 5.74) is 6.65. The first-order valence-corrected chi connectivity index (χ1v) is 7.10. The van der Waals surface area contributed by atoms with Crippen LogP contribution in [0.25, 0.3) is 0 Å². The third kappa shape index (κ3) is 5.19. The van der Waals surface area contributed by atoms with Gasteiger partial charge in [-0.1, -0.05) is 13.3 Å². The average Bonchev–Trinajstić information content (AvgIpc) is 2.82. The molecule has 0 saturated carbocycles. The molecule has 0 amide bonds. The van der Waals surface area contributed by atoms with E-state index in [2.05, 4.69) is 47.8 Å². The monoisotopic (exact) mass is 252 g/mol. The zero-order chi connectivity index (χ0) is 13.4. The first-order valence-electron chi connectivity index (χ1n) is 7.10. The summed E-state index contributed by atoms with van der Waals surface area (Å²) in [7, 11) is 2.16. The lowest BCUT2D eigenvalue weighted by atomic mass is 10.2. The molecule has 2 N–H and O–H groups in total. The van der Waals surface area contributed by atoms with Crippen LogP contribution >= 0.6 is 0 Å². The van der Waals surface area contributed by atoms with Crippen molar-refractivity contribution < 1.29 is 0 Å². The van der Waals surface area contributed by atoms with Gasteiger partial charge in [-0.05, 0) is 52.4 Å². The largest absolute Gasteiger partial charge is 0.330 e. The second-order valence-electron chi connectivity index (χ2n) is 5.13. The van der Waals surface area contributed by atoms with E-state index in [1.165, 1.54) is 12.8 Å². The maximum atomic E-state index is 5.49. The van der Waals surface area contributed by atoms with E-state index in [1.54, 1.807) is 0 Å². The Morgan fingerprint density at radius 2 is 2.17 bits per heavy atom. The van der Waals surface area contributed by atoms with Crippen molar-refractivity contribution in [2.24, 2.45) is 5.73 Å². The zero-order valence-electron chi connectivity index (χ0n) is 12.1. The summed E-state index contributed by atoms with van der Waals surface area (Å²) in [6.07, 6.45) is 6.79. The Bertz CT molecular complexity index is 321. The number of unbranched alkanes of at least 4 members (excludes halogenated alkanes) is 2. The summed E-state index contributed by atoms with van der Waals surface area (Å²) >= 11 is 0. The Labute approximate surface area is 111 Å². The Hall–Kier alpha value is -0.870. The van der Waals surface area contributed by atoms with Gasteiger partial charge in [-0.3, -0.25) is 4.68 Å². The van der Waals surface area contributed by atoms with E-state index in [9.17, 15) is 0 Å². The quantitative estimate of drug-likeness (QED) is 0.687. The number of nitrogens with two attached hydrogens (primary N) is 1. The van der Waals surface area contributed by atoms with E-state index in [0.29, 0.717) is 6.04 Å². The second kappa shape index (κ2) is 8.27. The molecule has 1 rings (SSSR count). The molecule has 0 aliphatic carbocycles. The van der Waals surface area contributed by atoms with E-state index < -0.39 is 0 Å². The van der Waals surface area contributed by atoms with Crippen molar-refractivity contribution in [1.29, 1.82) is 0 Å². The van der Waals surface area contributed by atoms with Gasteiger partial charge in [-0.15, -0.1) is 0 Å². The minimum absolute atomic E-state index is 0.494. The molecule has 1 heterocycles. The number of aromatic nitrogens is 2. The third-order valence-electron chi connectivity index (χ3n) is 3.38. The Morgan fingerprint density at radius 3 is 2.83 bits per heavy atom. The number of nitrogens with zero attached hydrogens (tertiary/aromatic N) is 3. The molecule has 4 nitrogen and oxygen atoms in total. The first-order chi connectivity index (χ1) is 8.67. The Balaban J connectivity index is 2.30. The van der Waals surface area contributed by atoms with Crippen LogP contribution in [0, 0.1) is 0 Å². The maximum absolute atomic E-state index is 5.49. The Kier molecular flexibility index (Phi) is 6.98. The van der Waals surface area contributed by atoms with E-state index in [-0.39, 0.29) is 0 Å². The van der Waals surface area contributed by atoms with Crippen LogP contribution in [-0.2, 0) is 6.54 Å². The lowest BCUT2D eigenvalue weighted by Gasteiger charge is -2.15. The molecule has 18 heavy (non-hydrogen) atoms. The molecule has 0 bridgehead atoms. The molecule has 0 fully saturated rings. The van der Waals surface area contributed by atoms with Crippen molar-refractivity contribution in [2.75, 3.05) is 20.1 Å². The molecule has 0 aromatic carbocycles. The number of rotatable bonds is 9. The maximum Gasteiger partial charge on any atom is 0.0764 e. The molecule has 1 aromatic heterocycles. The molecule has 104 valence electrons. The summed E-state index contributed by atoms with van der Waals surface area (Å²) < 4.78 is 2.07. The fraction of sp³-hybridized carbons (Fsp3) is 0.786. The van der Waals surface area contributed by atoms with Crippen LogP contribution in [0.1, 0.15) is 51.3 Å². The molecule has 1 atom stereocenters. The third-order valence-corrected chi connectivity index (χ3v) is 3.38. The van der Waals surface area contributed by atoms with Crippen LogP contribution in [0.5, 0.6) is 0 Å².